The van der Waals surface area contributed by atoms with Crippen molar-refractivity contribution in [3.63, 3.8) is 0 Å². The quantitative estimate of drug-likeness (QED) is 0.624. The molecule has 0 heterocycles. The smallest absolute Gasteiger partial charge is 0.418 e. The molecule has 1 rings (SSSR count). The average Bonchev–Trinajstić information content (AvgIpc) is 2.26. The molecular formula is C10H6F3NO2S. The molecule has 90 valence electrons. The second-order valence-electron chi connectivity index (χ2n) is 2.98. The number of nitrogens with zero attached hydrogens (tertiary/aromatic N) is 1. The van der Waals surface area contributed by atoms with Gasteiger partial charge in [-0.2, -0.15) is 18.4 Å². The number of nitriles is 1. The summed E-state index contributed by atoms with van der Waals surface area (Å²) in [5, 5.41) is 8.69. The van der Waals surface area contributed by atoms with Gasteiger partial charge in [-0.3, -0.25) is 0 Å². The highest BCUT2D eigenvalue weighted by molar-refractivity contribution is 7.80. The van der Waals surface area contributed by atoms with E-state index in [9.17, 15) is 18.0 Å². The second kappa shape index (κ2) is 4.67. The zero-order valence-electron chi connectivity index (χ0n) is 8.50. The van der Waals surface area contributed by atoms with Crippen LogP contribution in [0.25, 0.3) is 0 Å². The number of benzene rings is 1. The Morgan fingerprint density at radius 3 is 2.47 bits per heavy atom. The third-order valence-corrected chi connectivity index (χ3v) is 2.36. The molecule has 0 radical (unpaired) electrons. The summed E-state index contributed by atoms with van der Waals surface area (Å²) in [5.41, 5.74) is -2.71. The molecule has 0 spiro atoms. The third-order valence-electron chi connectivity index (χ3n) is 1.98. The van der Waals surface area contributed by atoms with Gasteiger partial charge in [-0.05, 0) is 12.1 Å². The van der Waals surface area contributed by atoms with Gasteiger partial charge in [0.1, 0.15) is 6.07 Å². The van der Waals surface area contributed by atoms with Crippen molar-refractivity contribution in [3.8, 4) is 6.07 Å². The van der Waals surface area contributed by atoms with Crippen LogP contribution in [0.2, 0.25) is 0 Å². The number of carbonyl (C=O) groups is 1. The van der Waals surface area contributed by atoms with Gasteiger partial charge >= 0.3 is 12.1 Å². The van der Waals surface area contributed by atoms with E-state index >= 15 is 0 Å². The minimum absolute atomic E-state index is 0.146. The van der Waals surface area contributed by atoms with Gasteiger partial charge in [0.05, 0.1) is 23.8 Å². The molecule has 0 aliphatic heterocycles. The number of ether oxygens (including phenoxy) is 1. The number of thiol groups is 1. The molecule has 0 N–H and O–H groups in total. The third kappa shape index (κ3) is 2.53. The molecule has 0 amide bonds. The lowest BCUT2D eigenvalue weighted by Gasteiger charge is -2.14. The molecule has 3 nitrogen and oxygen atoms in total. The summed E-state index contributed by atoms with van der Waals surface area (Å²) < 4.78 is 42.6. The van der Waals surface area contributed by atoms with E-state index < -0.39 is 28.8 Å². The van der Waals surface area contributed by atoms with E-state index in [2.05, 4.69) is 17.4 Å². The van der Waals surface area contributed by atoms with Gasteiger partial charge in [-0.1, -0.05) is 0 Å². The van der Waals surface area contributed by atoms with Gasteiger partial charge in [-0.15, -0.1) is 12.6 Å². The zero-order chi connectivity index (χ0) is 13.2. The largest absolute Gasteiger partial charge is 0.465 e. The van der Waals surface area contributed by atoms with Gasteiger partial charge in [0.25, 0.3) is 0 Å². The molecule has 0 saturated carbocycles. The number of carbonyl (C=O) groups excluding carboxylic acids is 1. The normalized spacial score (nSPS) is 10.8. The minimum Gasteiger partial charge on any atom is -0.465 e. The van der Waals surface area contributed by atoms with Crippen LogP contribution < -0.4 is 0 Å². The fourth-order valence-corrected chi connectivity index (χ4v) is 1.52. The van der Waals surface area contributed by atoms with E-state index in [1.165, 1.54) is 6.07 Å². The Balaban J connectivity index is 3.65. The SMILES string of the molecule is COC(=O)c1ccc(S)c(C#N)c1C(F)(F)F. The fraction of sp³-hybridized carbons (Fsp3) is 0.200. The summed E-state index contributed by atoms with van der Waals surface area (Å²) in [6, 6.07) is 3.46. The van der Waals surface area contributed by atoms with Gasteiger partial charge in [0, 0.05) is 4.90 Å². The van der Waals surface area contributed by atoms with Crippen molar-refractivity contribution in [1.82, 2.24) is 0 Å². The number of hydrogen-bond donors (Lipinski definition) is 1. The lowest BCUT2D eigenvalue weighted by molar-refractivity contribution is -0.138. The van der Waals surface area contributed by atoms with E-state index in [0.29, 0.717) is 0 Å². The molecule has 0 bridgehead atoms. The van der Waals surface area contributed by atoms with E-state index in [1.54, 1.807) is 0 Å². The molecule has 1 aromatic carbocycles. The monoisotopic (exact) mass is 261 g/mol. The van der Waals surface area contributed by atoms with Crippen LogP contribution in [0.1, 0.15) is 21.5 Å². The average molecular weight is 261 g/mol. The molecule has 1 aromatic rings. The lowest BCUT2D eigenvalue weighted by atomic mass is 10.0. The Bertz CT molecular complexity index is 505. The second-order valence-corrected chi connectivity index (χ2v) is 3.47. The standard InChI is InChI=1S/C10H6F3NO2S/c1-16-9(15)5-2-3-7(17)6(4-14)8(5)10(11,12)13/h2-3,17H,1H3. The van der Waals surface area contributed by atoms with Crippen molar-refractivity contribution in [2.45, 2.75) is 11.1 Å². The van der Waals surface area contributed by atoms with Crippen molar-refractivity contribution in [2.75, 3.05) is 7.11 Å². The van der Waals surface area contributed by atoms with Crippen LogP contribution >= 0.6 is 12.6 Å². The lowest BCUT2D eigenvalue weighted by Crippen LogP contribution is -2.16. The first kappa shape index (κ1) is 13.4. The van der Waals surface area contributed by atoms with Crippen molar-refractivity contribution in [2.24, 2.45) is 0 Å². The Morgan fingerprint density at radius 1 is 1.47 bits per heavy atom. The molecule has 0 aromatic heterocycles. The van der Waals surface area contributed by atoms with Gasteiger partial charge in [-0.25, -0.2) is 4.79 Å². The maximum Gasteiger partial charge on any atom is 0.418 e. The number of esters is 1. The Labute approximate surface area is 100 Å². The Morgan fingerprint density at radius 2 is 2.06 bits per heavy atom. The van der Waals surface area contributed by atoms with Crippen LogP contribution in [0.4, 0.5) is 13.2 Å². The van der Waals surface area contributed by atoms with Crippen LogP contribution in [0.5, 0.6) is 0 Å². The van der Waals surface area contributed by atoms with Gasteiger partial charge in [0.2, 0.25) is 0 Å². The molecule has 0 aliphatic rings. The highest BCUT2D eigenvalue weighted by Crippen LogP contribution is 2.37. The first-order valence-electron chi connectivity index (χ1n) is 4.24. The molecule has 0 saturated heterocycles. The van der Waals surface area contributed by atoms with E-state index in [0.717, 1.165) is 19.2 Å². The highest BCUT2D eigenvalue weighted by Gasteiger charge is 2.39. The predicted molar refractivity (Wildman–Crippen MR) is 54.8 cm³/mol. The van der Waals surface area contributed by atoms with E-state index in [1.807, 2.05) is 0 Å². The topological polar surface area (TPSA) is 50.1 Å². The summed E-state index contributed by atoms with van der Waals surface area (Å²) in [6.45, 7) is 0. The molecule has 0 atom stereocenters. The Hall–Kier alpha value is -1.68. The Kier molecular flexibility index (Phi) is 3.68. The van der Waals surface area contributed by atoms with Crippen LogP contribution in [-0.2, 0) is 10.9 Å². The summed E-state index contributed by atoms with van der Waals surface area (Å²) >= 11 is 3.75. The number of rotatable bonds is 1. The van der Waals surface area contributed by atoms with Crippen LogP contribution in [0.3, 0.4) is 0 Å². The minimum atomic E-state index is -4.83. The van der Waals surface area contributed by atoms with Crippen molar-refractivity contribution < 1.29 is 22.7 Å². The van der Waals surface area contributed by atoms with Crippen molar-refractivity contribution in [3.05, 3.63) is 28.8 Å². The molecule has 7 heteroatoms. The molecule has 17 heavy (non-hydrogen) atoms. The molecule has 0 fully saturated rings. The van der Waals surface area contributed by atoms with Crippen LogP contribution in [0.15, 0.2) is 17.0 Å². The highest BCUT2D eigenvalue weighted by atomic mass is 32.1. The summed E-state index contributed by atoms with van der Waals surface area (Å²) in [6.07, 6.45) is -4.83. The van der Waals surface area contributed by atoms with Gasteiger partial charge < -0.3 is 4.74 Å². The van der Waals surface area contributed by atoms with E-state index in [-0.39, 0.29) is 4.90 Å². The molecule has 0 unspecified atom stereocenters. The maximum absolute atomic E-state index is 12.8. The first-order valence-corrected chi connectivity index (χ1v) is 4.69. The number of hydrogen-bond acceptors (Lipinski definition) is 4. The zero-order valence-corrected chi connectivity index (χ0v) is 9.39. The summed E-state index contributed by atoms with van der Waals surface area (Å²) in [7, 11) is 0.961. The van der Waals surface area contributed by atoms with Gasteiger partial charge in [0.15, 0.2) is 0 Å². The molecular weight excluding hydrogens is 255 g/mol. The van der Waals surface area contributed by atoms with E-state index in [4.69, 9.17) is 5.26 Å². The maximum atomic E-state index is 12.8. The summed E-state index contributed by atoms with van der Waals surface area (Å²) in [4.78, 5) is 11.1. The number of alkyl halides is 3. The number of methoxy groups -OCH3 is 1. The number of halogens is 3. The first-order chi connectivity index (χ1) is 7.82. The van der Waals surface area contributed by atoms with Crippen LogP contribution in [-0.4, -0.2) is 13.1 Å². The summed E-state index contributed by atoms with van der Waals surface area (Å²) in [5.74, 6) is -1.15. The van der Waals surface area contributed by atoms with Crippen LogP contribution in [0, 0.1) is 11.3 Å². The predicted octanol–water partition coefficient (Wildman–Crippen LogP) is 2.65. The van der Waals surface area contributed by atoms with Crippen molar-refractivity contribution >= 4 is 18.6 Å². The fourth-order valence-electron chi connectivity index (χ4n) is 1.28. The molecule has 0 aliphatic carbocycles. The van der Waals surface area contributed by atoms with Crippen molar-refractivity contribution in [1.29, 1.82) is 5.26 Å².